The fourth-order valence-corrected chi connectivity index (χ4v) is 3.90. The second-order valence-corrected chi connectivity index (χ2v) is 7.24. The average Bonchev–Trinajstić information content (AvgIpc) is 3.09. The number of nitrogens with zero attached hydrogens (tertiary/aromatic N) is 1. The molecule has 4 heteroatoms. The molecule has 0 atom stereocenters. The van der Waals surface area contributed by atoms with Gasteiger partial charge in [-0.3, -0.25) is 9.59 Å². The van der Waals surface area contributed by atoms with E-state index in [9.17, 15) is 9.59 Å². The average molecular weight is 328 g/mol. The summed E-state index contributed by atoms with van der Waals surface area (Å²) in [5, 5.41) is 3.01. The summed E-state index contributed by atoms with van der Waals surface area (Å²) in [7, 11) is 0. The quantitative estimate of drug-likeness (QED) is 0.870. The largest absolute Gasteiger partial charge is 0.326 e. The molecule has 1 aliphatic heterocycles. The van der Waals surface area contributed by atoms with Crippen LogP contribution in [0.2, 0.25) is 0 Å². The lowest BCUT2D eigenvalue weighted by atomic mass is 10.0. The molecule has 0 radical (unpaired) electrons. The number of piperidine rings is 1. The Hall–Kier alpha value is -1.84. The van der Waals surface area contributed by atoms with Crippen molar-refractivity contribution in [3.05, 3.63) is 23.8 Å². The number of aryl methyl sites for hydroxylation is 1. The minimum atomic E-state index is 0.0849. The van der Waals surface area contributed by atoms with Gasteiger partial charge in [0.1, 0.15) is 0 Å². The third kappa shape index (κ3) is 4.16. The molecule has 2 amide bonds. The minimum Gasteiger partial charge on any atom is -0.326 e. The molecule has 1 aromatic carbocycles. The summed E-state index contributed by atoms with van der Waals surface area (Å²) in [6.45, 7) is 2.79. The topological polar surface area (TPSA) is 49.4 Å². The first-order valence-electron chi connectivity index (χ1n) is 9.34. The Balaban J connectivity index is 1.62. The van der Waals surface area contributed by atoms with E-state index in [0.29, 0.717) is 12.8 Å². The predicted octanol–water partition coefficient (Wildman–Crippen LogP) is 4.42. The normalized spacial score (nSPS) is 18.9. The van der Waals surface area contributed by atoms with Gasteiger partial charge in [0.15, 0.2) is 0 Å². The van der Waals surface area contributed by atoms with Crippen LogP contribution in [0, 0.1) is 12.8 Å². The number of benzene rings is 1. The lowest BCUT2D eigenvalue weighted by Crippen LogP contribution is -2.35. The Kier molecular flexibility index (Phi) is 5.54. The molecular weight excluding hydrogens is 300 g/mol. The van der Waals surface area contributed by atoms with Crippen molar-refractivity contribution in [2.75, 3.05) is 16.8 Å². The van der Waals surface area contributed by atoms with Gasteiger partial charge in [-0.25, -0.2) is 0 Å². The third-order valence-electron chi connectivity index (χ3n) is 5.36. The highest BCUT2D eigenvalue weighted by Gasteiger charge is 2.21. The molecule has 1 saturated carbocycles. The monoisotopic (exact) mass is 328 g/mol. The van der Waals surface area contributed by atoms with Crippen molar-refractivity contribution in [3.63, 3.8) is 0 Å². The number of carbonyl (C=O) groups excluding carboxylic acids is 2. The standard InChI is InChI=1S/C20H28N2O2/c1-15-9-11-17(14-18(15)22-13-5-4-8-20(22)24)21-19(23)12-10-16-6-2-3-7-16/h9,11,14,16H,2-8,10,12-13H2,1H3,(H,21,23). The van der Waals surface area contributed by atoms with E-state index in [1.54, 1.807) is 0 Å². The summed E-state index contributed by atoms with van der Waals surface area (Å²) in [5.74, 6) is 1.01. The molecule has 1 N–H and O–H groups in total. The van der Waals surface area contributed by atoms with Gasteiger partial charge in [-0.2, -0.15) is 0 Å². The highest BCUT2D eigenvalue weighted by molar-refractivity contribution is 5.96. The smallest absolute Gasteiger partial charge is 0.226 e. The van der Waals surface area contributed by atoms with Crippen molar-refractivity contribution < 1.29 is 9.59 Å². The van der Waals surface area contributed by atoms with Gasteiger partial charge in [0.25, 0.3) is 0 Å². The van der Waals surface area contributed by atoms with Crippen LogP contribution < -0.4 is 10.2 Å². The number of hydrogen-bond donors (Lipinski definition) is 1. The maximum absolute atomic E-state index is 12.2. The first-order valence-corrected chi connectivity index (χ1v) is 9.34. The molecule has 0 spiro atoms. The summed E-state index contributed by atoms with van der Waals surface area (Å²) in [6.07, 6.45) is 9.42. The highest BCUT2D eigenvalue weighted by atomic mass is 16.2. The summed E-state index contributed by atoms with van der Waals surface area (Å²) in [4.78, 5) is 26.3. The van der Waals surface area contributed by atoms with Gasteiger partial charge in [-0.05, 0) is 49.8 Å². The number of hydrogen-bond acceptors (Lipinski definition) is 2. The van der Waals surface area contributed by atoms with Crippen molar-refractivity contribution in [2.45, 2.75) is 64.7 Å². The second-order valence-electron chi connectivity index (χ2n) is 7.24. The first-order chi connectivity index (χ1) is 11.6. The minimum absolute atomic E-state index is 0.0849. The van der Waals surface area contributed by atoms with Crippen molar-refractivity contribution >= 4 is 23.2 Å². The van der Waals surface area contributed by atoms with E-state index in [1.807, 2.05) is 30.0 Å². The number of amides is 2. The van der Waals surface area contributed by atoms with Crippen LogP contribution in [0.4, 0.5) is 11.4 Å². The lowest BCUT2D eigenvalue weighted by Gasteiger charge is -2.28. The number of anilines is 2. The van der Waals surface area contributed by atoms with E-state index in [0.717, 1.165) is 48.7 Å². The zero-order chi connectivity index (χ0) is 16.9. The van der Waals surface area contributed by atoms with Gasteiger partial charge in [0.2, 0.25) is 11.8 Å². The van der Waals surface area contributed by atoms with Crippen molar-refractivity contribution in [3.8, 4) is 0 Å². The number of rotatable bonds is 5. The molecule has 4 nitrogen and oxygen atoms in total. The molecule has 1 saturated heterocycles. The molecule has 0 bridgehead atoms. The van der Waals surface area contributed by atoms with Gasteiger partial charge in [0, 0.05) is 30.8 Å². The summed E-state index contributed by atoms with van der Waals surface area (Å²) in [5.41, 5.74) is 2.81. The molecule has 24 heavy (non-hydrogen) atoms. The molecule has 0 aromatic heterocycles. The zero-order valence-corrected chi connectivity index (χ0v) is 14.6. The van der Waals surface area contributed by atoms with E-state index in [1.165, 1.54) is 25.7 Å². The van der Waals surface area contributed by atoms with Crippen LogP contribution >= 0.6 is 0 Å². The lowest BCUT2D eigenvalue weighted by molar-refractivity contribution is -0.119. The van der Waals surface area contributed by atoms with Gasteiger partial charge < -0.3 is 10.2 Å². The van der Waals surface area contributed by atoms with E-state index in [2.05, 4.69) is 5.32 Å². The summed E-state index contributed by atoms with van der Waals surface area (Å²) in [6, 6.07) is 5.87. The predicted molar refractivity (Wildman–Crippen MR) is 97.2 cm³/mol. The highest BCUT2D eigenvalue weighted by Crippen LogP contribution is 2.30. The molecule has 2 fully saturated rings. The van der Waals surface area contributed by atoms with E-state index >= 15 is 0 Å². The van der Waals surface area contributed by atoms with Crippen LogP contribution in [0.15, 0.2) is 18.2 Å². The van der Waals surface area contributed by atoms with Crippen LogP contribution in [-0.4, -0.2) is 18.4 Å². The molecular formula is C20H28N2O2. The third-order valence-corrected chi connectivity index (χ3v) is 5.36. The molecule has 2 aliphatic rings. The Morgan fingerprint density at radius 1 is 1.21 bits per heavy atom. The van der Waals surface area contributed by atoms with E-state index in [4.69, 9.17) is 0 Å². The number of carbonyl (C=O) groups is 2. The van der Waals surface area contributed by atoms with Crippen LogP contribution in [0.3, 0.4) is 0 Å². The van der Waals surface area contributed by atoms with Crippen molar-refractivity contribution in [1.82, 2.24) is 0 Å². The van der Waals surface area contributed by atoms with Gasteiger partial charge in [-0.15, -0.1) is 0 Å². The van der Waals surface area contributed by atoms with Crippen LogP contribution in [0.1, 0.15) is 63.4 Å². The van der Waals surface area contributed by atoms with Crippen LogP contribution in [0.25, 0.3) is 0 Å². The summed E-state index contributed by atoms with van der Waals surface area (Å²) >= 11 is 0. The van der Waals surface area contributed by atoms with E-state index in [-0.39, 0.29) is 11.8 Å². The fraction of sp³-hybridized carbons (Fsp3) is 0.600. The zero-order valence-electron chi connectivity index (χ0n) is 14.6. The van der Waals surface area contributed by atoms with E-state index < -0.39 is 0 Å². The molecule has 0 unspecified atom stereocenters. The Bertz CT molecular complexity index is 606. The maximum atomic E-state index is 12.2. The fourth-order valence-electron chi connectivity index (χ4n) is 3.90. The molecule has 130 valence electrons. The molecule has 1 heterocycles. The Morgan fingerprint density at radius 3 is 2.75 bits per heavy atom. The van der Waals surface area contributed by atoms with Crippen LogP contribution in [0.5, 0.6) is 0 Å². The second kappa shape index (κ2) is 7.82. The Labute approximate surface area is 144 Å². The molecule has 1 aromatic rings. The van der Waals surface area contributed by atoms with Gasteiger partial charge in [-0.1, -0.05) is 31.7 Å². The number of nitrogens with one attached hydrogen (secondary N) is 1. The van der Waals surface area contributed by atoms with Crippen LogP contribution in [-0.2, 0) is 9.59 Å². The Morgan fingerprint density at radius 2 is 2.00 bits per heavy atom. The SMILES string of the molecule is Cc1ccc(NC(=O)CCC2CCCC2)cc1N1CCCCC1=O. The first kappa shape index (κ1) is 17.0. The van der Waals surface area contributed by atoms with Crippen molar-refractivity contribution in [2.24, 2.45) is 5.92 Å². The van der Waals surface area contributed by atoms with Gasteiger partial charge in [0.05, 0.1) is 0 Å². The summed E-state index contributed by atoms with van der Waals surface area (Å²) < 4.78 is 0. The maximum Gasteiger partial charge on any atom is 0.226 e. The molecule has 1 aliphatic carbocycles. The van der Waals surface area contributed by atoms with Crippen molar-refractivity contribution in [1.29, 1.82) is 0 Å². The molecule has 3 rings (SSSR count). The van der Waals surface area contributed by atoms with Gasteiger partial charge >= 0.3 is 0 Å².